The fourth-order valence-corrected chi connectivity index (χ4v) is 2.13. The van der Waals surface area contributed by atoms with Crippen molar-refractivity contribution in [2.75, 3.05) is 50.6 Å². The molecule has 1 aromatic heterocycles. The fourth-order valence-electron chi connectivity index (χ4n) is 2.13. The van der Waals surface area contributed by atoms with Gasteiger partial charge in [-0.15, -0.1) is 0 Å². The van der Waals surface area contributed by atoms with Crippen LogP contribution in [0, 0.1) is 12.8 Å². The molecule has 116 valence electrons. The number of aryl methyl sites for hydroxylation is 1. The van der Waals surface area contributed by atoms with E-state index < -0.39 is 0 Å². The van der Waals surface area contributed by atoms with E-state index in [1.165, 1.54) is 0 Å². The third-order valence-corrected chi connectivity index (χ3v) is 3.31. The van der Waals surface area contributed by atoms with Crippen molar-refractivity contribution in [3.05, 3.63) is 11.9 Å². The lowest BCUT2D eigenvalue weighted by Crippen LogP contribution is -2.34. The summed E-state index contributed by atoms with van der Waals surface area (Å²) in [5.74, 6) is 2.42. The second kappa shape index (κ2) is 7.21. The molecule has 7 nitrogen and oxygen atoms in total. The van der Waals surface area contributed by atoms with Crippen molar-refractivity contribution in [3.8, 4) is 0 Å². The number of carbonyl (C=O) groups is 1. The molecule has 2 N–H and O–H groups in total. The van der Waals surface area contributed by atoms with E-state index in [0.29, 0.717) is 26.3 Å². The lowest BCUT2D eigenvalue weighted by atomic mass is 10.1. The highest BCUT2D eigenvalue weighted by Crippen LogP contribution is 2.13. The van der Waals surface area contributed by atoms with Crippen molar-refractivity contribution in [2.24, 2.45) is 5.92 Å². The van der Waals surface area contributed by atoms with Crippen LogP contribution >= 0.6 is 0 Å². The van der Waals surface area contributed by atoms with Gasteiger partial charge in [0.2, 0.25) is 5.91 Å². The molecule has 7 heteroatoms. The first kappa shape index (κ1) is 15.5. The van der Waals surface area contributed by atoms with Gasteiger partial charge in [0.05, 0.1) is 12.5 Å². The van der Waals surface area contributed by atoms with Crippen LogP contribution in [0.4, 0.5) is 11.6 Å². The number of hydrogen-bond acceptors (Lipinski definition) is 6. The average Bonchev–Trinajstić information content (AvgIpc) is 2.97. The van der Waals surface area contributed by atoms with Gasteiger partial charge in [-0.05, 0) is 13.3 Å². The Bertz CT molecular complexity index is 486. The quantitative estimate of drug-likeness (QED) is 0.740. The molecule has 1 atom stereocenters. The summed E-state index contributed by atoms with van der Waals surface area (Å²) in [6.07, 6.45) is 0.816. The molecule has 1 amide bonds. The van der Waals surface area contributed by atoms with Crippen molar-refractivity contribution in [2.45, 2.75) is 13.3 Å². The maximum Gasteiger partial charge on any atom is 0.225 e. The molecule has 0 saturated carbocycles. The van der Waals surface area contributed by atoms with Crippen molar-refractivity contribution in [1.29, 1.82) is 0 Å². The van der Waals surface area contributed by atoms with Gasteiger partial charge in [-0.25, -0.2) is 9.97 Å². The SMILES string of the molecule is Cc1nc(NCCNC(=O)C2CCOC2)cc(N(C)C)n1. The Morgan fingerprint density at radius 3 is 2.90 bits per heavy atom. The summed E-state index contributed by atoms with van der Waals surface area (Å²) in [6.45, 7) is 4.28. The largest absolute Gasteiger partial charge is 0.381 e. The summed E-state index contributed by atoms with van der Waals surface area (Å²) in [7, 11) is 3.88. The Labute approximate surface area is 125 Å². The average molecular weight is 293 g/mol. The molecule has 1 aromatic rings. The van der Waals surface area contributed by atoms with Crippen LogP contribution < -0.4 is 15.5 Å². The summed E-state index contributed by atoms with van der Waals surface area (Å²) >= 11 is 0. The first-order chi connectivity index (χ1) is 10.1. The van der Waals surface area contributed by atoms with E-state index in [1.807, 2.05) is 32.0 Å². The summed E-state index contributed by atoms with van der Waals surface area (Å²) in [5.41, 5.74) is 0. The minimum atomic E-state index is 0.00615. The predicted molar refractivity (Wildman–Crippen MR) is 81.5 cm³/mol. The molecule has 2 rings (SSSR count). The fraction of sp³-hybridized carbons (Fsp3) is 0.643. The van der Waals surface area contributed by atoms with Gasteiger partial charge in [0.15, 0.2) is 0 Å². The highest BCUT2D eigenvalue weighted by Gasteiger charge is 2.22. The van der Waals surface area contributed by atoms with Crippen molar-refractivity contribution >= 4 is 17.5 Å². The van der Waals surface area contributed by atoms with Gasteiger partial charge < -0.3 is 20.3 Å². The molecule has 21 heavy (non-hydrogen) atoms. The molecule has 0 aliphatic carbocycles. The molecule has 1 unspecified atom stereocenters. The standard InChI is InChI=1S/C14H23N5O2/c1-10-17-12(8-13(18-10)19(2)3)15-5-6-16-14(20)11-4-7-21-9-11/h8,11H,4-7,9H2,1-3H3,(H,16,20)(H,15,17,18). The van der Waals surface area contributed by atoms with Crippen molar-refractivity contribution in [1.82, 2.24) is 15.3 Å². The number of carbonyl (C=O) groups excluding carboxylic acids is 1. The second-order valence-corrected chi connectivity index (χ2v) is 5.33. The van der Waals surface area contributed by atoms with Crippen molar-refractivity contribution < 1.29 is 9.53 Å². The maximum absolute atomic E-state index is 11.8. The molecule has 0 aromatic carbocycles. The third kappa shape index (κ3) is 4.56. The zero-order valence-corrected chi connectivity index (χ0v) is 12.8. The first-order valence-electron chi connectivity index (χ1n) is 7.18. The van der Waals surface area contributed by atoms with Gasteiger partial charge in [0, 0.05) is 39.9 Å². The van der Waals surface area contributed by atoms with E-state index in [1.54, 1.807) is 0 Å². The van der Waals surface area contributed by atoms with E-state index in [2.05, 4.69) is 20.6 Å². The Balaban J connectivity index is 1.76. The summed E-state index contributed by atoms with van der Waals surface area (Å²) < 4.78 is 5.20. The topological polar surface area (TPSA) is 79.4 Å². The molecule has 1 saturated heterocycles. The number of nitrogens with one attached hydrogen (secondary N) is 2. The van der Waals surface area contributed by atoms with E-state index in [0.717, 1.165) is 23.9 Å². The van der Waals surface area contributed by atoms with Crippen LogP contribution in [-0.4, -0.2) is 56.3 Å². The smallest absolute Gasteiger partial charge is 0.225 e. The van der Waals surface area contributed by atoms with Crippen LogP contribution in [-0.2, 0) is 9.53 Å². The molecule has 0 radical (unpaired) electrons. The number of rotatable bonds is 6. The molecule has 2 heterocycles. The number of amides is 1. The van der Waals surface area contributed by atoms with Crippen LogP contribution in [0.25, 0.3) is 0 Å². The Morgan fingerprint density at radius 1 is 1.43 bits per heavy atom. The molecule has 1 fully saturated rings. The third-order valence-electron chi connectivity index (χ3n) is 3.31. The molecular formula is C14H23N5O2. The zero-order valence-electron chi connectivity index (χ0n) is 12.8. The van der Waals surface area contributed by atoms with Crippen molar-refractivity contribution in [3.63, 3.8) is 0 Å². The van der Waals surface area contributed by atoms with Gasteiger partial charge in [-0.3, -0.25) is 4.79 Å². The van der Waals surface area contributed by atoms with Gasteiger partial charge >= 0.3 is 0 Å². The second-order valence-electron chi connectivity index (χ2n) is 5.33. The number of nitrogens with zero attached hydrogens (tertiary/aromatic N) is 3. The highest BCUT2D eigenvalue weighted by atomic mass is 16.5. The number of anilines is 2. The first-order valence-corrected chi connectivity index (χ1v) is 7.18. The van der Waals surface area contributed by atoms with E-state index >= 15 is 0 Å². The van der Waals surface area contributed by atoms with E-state index in [9.17, 15) is 4.79 Å². The molecular weight excluding hydrogens is 270 g/mol. The van der Waals surface area contributed by atoms with Crippen LogP contribution in [0.3, 0.4) is 0 Å². The lowest BCUT2D eigenvalue weighted by molar-refractivity contribution is -0.124. The Kier molecular flexibility index (Phi) is 5.32. The summed E-state index contributed by atoms with van der Waals surface area (Å²) in [6, 6.07) is 1.89. The van der Waals surface area contributed by atoms with Gasteiger partial charge in [0.1, 0.15) is 17.5 Å². The Hall–Kier alpha value is -1.89. The van der Waals surface area contributed by atoms with Gasteiger partial charge in [-0.2, -0.15) is 0 Å². The number of aromatic nitrogens is 2. The highest BCUT2D eigenvalue weighted by molar-refractivity contribution is 5.79. The van der Waals surface area contributed by atoms with E-state index in [4.69, 9.17) is 4.74 Å². The van der Waals surface area contributed by atoms with Crippen LogP contribution in [0.15, 0.2) is 6.07 Å². The number of hydrogen-bond donors (Lipinski definition) is 2. The lowest BCUT2D eigenvalue weighted by Gasteiger charge is -2.14. The van der Waals surface area contributed by atoms with Crippen LogP contribution in [0.5, 0.6) is 0 Å². The van der Waals surface area contributed by atoms with Gasteiger partial charge in [0.25, 0.3) is 0 Å². The normalized spacial score (nSPS) is 17.6. The summed E-state index contributed by atoms with van der Waals surface area (Å²) in [5, 5.41) is 6.11. The predicted octanol–water partition coefficient (Wildman–Crippen LogP) is 0.416. The molecule has 0 spiro atoms. The van der Waals surface area contributed by atoms with E-state index in [-0.39, 0.29) is 11.8 Å². The number of ether oxygens (including phenoxy) is 1. The van der Waals surface area contributed by atoms with Crippen LogP contribution in [0.1, 0.15) is 12.2 Å². The van der Waals surface area contributed by atoms with Gasteiger partial charge in [-0.1, -0.05) is 0 Å². The minimum Gasteiger partial charge on any atom is -0.381 e. The zero-order chi connectivity index (χ0) is 15.2. The minimum absolute atomic E-state index is 0.00615. The molecule has 0 bridgehead atoms. The van der Waals surface area contributed by atoms with Crippen LogP contribution in [0.2, 0.25) is 0 Å². The monoisotopic (exact) mass is 293 g/mol. The molecule has 1 aliphatic heterocycles. The summed E-state index contributed by atoms with van der Waals surface area (Å²) in [4.78, 5) is 22.4. The molecule has 1 aliphatic rings. The Morgan fingerprint density at radius 2 is 2.24 bits per heavy atom. The maximum atomic E-state index is 11.8.